The van der Waals surface area contributed by atoms with E-state index in [1.165, 1.54) is 6.21 Å². The van der Waals surface area contributed by atoms with Crippen LogP contribution in [0.5, 0.6) is 0 Å². The van der Waals surface area contributed by atoms with E-state index >= 15 is 0 Å². The summed E-state index contributed by atoms with van der Waals surface area (Å²) in [5, 5.41) is 4.15. The fourth-order valence-electron chi connectivity index (χ4n) is 1.41. The summed E-state index contributed by atoms with van der Waals surface area (Å²) < 4.78 is 0. The van der Waals surface area contributed by atoms with Gasteiger partial charge < -0.3 is 0 Å². The number of halogens is 2. The fourth-order valence-corrected chi connectivity index (χ4v) is 2.00. The Balaban J connectivity index is 2.34. The van der Waals surface area contributed by atoms with Gasteiger partial charge in [0.1, 0.15) is 10.1 Å². The molecule has 0 aromatic rings. The summed E-state index contributed by atoms with van der Waals surface area (Å²) >= 11 is 9.28. The maximum atomic E-state index is 5.83. The largest absolute Gasteiger partial charge is 0.285 e. The minimum Gasteiger partial charge on any atom is -0.285 e. The van der Waals surface area contributed by atoms with Gasteiger partial charge in [-0.2, -0.15) is 5.10 Å². The van der Waals surface area contributed by atoms with E-state index in [4.69, 9.17) is 11.6 Å². The number of nitrogens with one attached hydrogen (secondary N) is 1. The van der Waals surface area contributed by atoms with Crippen LogP contribution in [0.1, 0.15) is 6.42 Å². The maximum absolute atomic E-state index is 5.83. The van der Waals surface area contributed by atoms with Crippen molar-refractivity contribution in [1.82, 2.24) is 5.43 Å². The smallest absolute Gasteiger partial charge is 0.149 e. The van der Waals surface area contributed by atoms with Crippen molar-refractivity contribution in [2.75, 3.05) is 0 Å². The van der Waals surface area contributed by atoms with Gasteiger partial charge in [0.15, 0.2) is 0 Å². The summed E-state index contributed by atoms with van der Waals surface area (Å²) in [7, 11) is 0. The molecular weight excluding hydrogens is 304 g/mol. The highest BCUT2D eigenvalue weighted by Gasteiger charge is 2.14. The molecule has 0 aliphatic carbocycles. The van der Waals surface area contributed by atoms with E-state index < -0.39 is 0 Å². The van der Waals surface area contributed by atoms with Crippen LogP contribution in [-0.2, 0) is 0 Å². The molecule has 0 fully saturated rings. The van der Waals surface area contributed by atoms with Crippen molar-refractivity contribution >= 4 is 44.6 Å². The average Bonchev–Trinajstić information content (AvgIpc) is 2.26. The third-order valence-electron chi connectivity index (χ3n) is 2.17. The van der Waals surface area contributed by atoms with Gasteiger partial charge in [-0.05, 0) is 12.5 Å². The lowest BCUT2D eigenvalue weighted by atomic mass is 10.1. The van der Waals surface area contributed by atoms with Gasteiger partial charge in [-0.15, -0.1) is 0 Å². The Morgan fingerprint density at radius 2 is 2.35 bits per heavy atom. The van der Waals surface area contributed by atoms with Crippen LogP contribution >= 0.6 is 27.5 Å². The summed E-state index contributed by atoms with van der Waals surface area (Å²) in [6.45, 7) is 3.88. The van der Waals surface area contributed by atoms with Crippen molar-refractivity contribution < 1.29 is 0 Å². The molecule has 0 bridgehead atoms. The first-order chi connectivity index (χ1) is 8.16. The second-order valence-electron chi connectivity index (χ2n) is 3.41. The van der Waals surface area contributed by atoms with Gasteiger partial charge in [-0.3, -0.25) is 10.4 Å². The number of hydrogen-bond donors (Lipinski definition) is 1. The van der Waals surface area contributed by atoms with Gasteiger partial charge in [-0.25, -0.2) is 4.99 Å². The molecule has 2 rings (SSSR count). The van der Waals surface area contributed by atoms with Crippen molar-refractivity contribution in [3.05, 3.63) is 36.2 Å². The molecule has 0 saturated carbocycles. The number of rotatable bonds is 1. The first-order valence-corrected chi connectivity index (χ1v) is 6.27. The van der Waals surface area contributed by atoms with E-state index in [1.54, 1.807) is 6.20 Å². The van der Waals surface area contributed by atoms with Crippen molar-refractivity contribution in [1.29, 1.82) is 0 Å². The molecule has 0 aromatic heterocycles. The third kappa shape index (κ3) is 3.14. The summed E-state index contributed by atoms with van der Waals surface area (Å²) in [4.78, 5) is 8.67. The fraction of sp³-hybridized carbons (Fsp3) is 0.182. The van der Waals surface area contributed by atoms with E-state index in [0.717, 1.165) is 17.7 Å². The molecule has 1 atom stereocenters. The van der Waals surface area contributed by atoms with Crippen molar-refractivity contribution in [3.63, 3.8) is 0 Å². The zero-order chi connectivity index (χ0) is 12.3. The van der Waals surface area contributed by atoms with E-state index in [1.807, 2.05) is 12.2 Å². The molecule has 2 aliphatic rings. The number of alkyl halides is 1. The molecule has 1 N–H and O–H groups in total. The van der Waals surface area contributed by atoms with Crippen LogP contribution in [0, 0.1) is 0 Å². The molecule has 0 spiro atoms. The van der Waals surface area contributed by atoms with E-state index in [2.05, 4.69) is 43.0 Å². The lowest BCUT2D eigenvalue weighted by Crippen LogP contribution is -2.13. The SMILES string of the molecule is C=C1/N=C(Cl)\C=N/N/C=C\1C1=NC(Br)CC=C1. The van der Waals surface area contributed by atoms with Crippen LogP contribution in [0.2, 0.25) is 0 Å². The predicted octanol–water partition coefficient (Wildman–Crippen LogP) is 2.73. The first-order valence-electron chi connectivity index (χ1n) is 4.98. The Labute approximate surface area is 113 Å². The van der Waals surface area contributed by atoms with Crippen LogP contribution < -0.4 is 5.43 Å². The number of hydrazone groups is 1. The lowest BCUT2D eigenvalue weighted by Gasteiger charge is -2.14. The van der Waals surface area contributed by atoms with Crippen molar-refractivity contribution in [2.45, 2.75) is 11.4 Å². The topological polar surface area (TPSA) is 49.1 Å². The van der Waals surface area contributed by atoms with Crippen LogP contribution in [0.3, 0.4) is 0 Å². The number of nitrogens with zero attached hydrogens (tertiary/aromatic N) is 3. The molecule has 4 nitrogen and oxygen atoms in total. The summed E-state index contributed by atoms with van der Waals surface area (Å²) in [5.41, 5.74) is 4.90. The van der Waals surface area contributed by atoms with Gasteiger partial charge in [0, 0.05) is 11.8 Å². The molecule has 6 heteroatoms. The van der Waals surface area contributed by atoms with E-state index in [0.29, 0.717) is 5.70 Å². The van der Waals surface area contributed by atoms with Crippen molar-refractivity contribution in [2.24, 2.45) is 15.1 Å². The number of allylic oxidation sites excluding steroid dienone is 2. The number of dihydropyridines is 1. The van der Waals surface area contributed by atoms with Gasteiger partial charge in [0.2, 0.25) is 0 Å². The van der Waals surface area contributed by atoms with Gasteiger partial charge in [0.25, 0.3) is 0 Å². The molecule has 2 heterocycles. The summed E-state index contributed by atoms with van der Waals surface area (Å²) in [6.07, 6.45) is 7.99. The monoisotopic (exact) mass is 312 g/mol. The van der Waals surface area contributed by atoms with Crippen LogP contribution in [-0.4, -0.2) is 22.0 Å². The second-order valence-corrected chi connectivity index (χ2v) is 4.86. The Hall–Kier alpha value is -1.20. The third-order valence-corrected chi connectivity index (χ3v) is 2.93. The summed E-state index contributed by atoms with van der Waals surface area (Å²) in [5.74, 6) is 0. The molecule has 0 saturated heterocycles. The molecule has 0 radical (unpaired) electrons. The van der Waals surface area contributed by atoms with Gasteiger partial charge in [-0.1, -0.05) is 40.2 Å². The highest BCUT2D eigenvalue weighted by molar-refractivity contribution is 9.09. The molecule has 17 heavy (non-hydrogen) atoms. The van der Waals surface area contributed by atoms with E-state index in [-0.39, 0.29) is 10.1 Å². The minimum absolute atomic E-state index is 0.0876. The molecule has 2 aliphatic heterocycles. The highest BCUT2D eigenvalue weighted by atomic mass is 79.9. The van der Waals surface area contributed by atoms with Crippen LogP contribution in [0.4, 0.5) is 0 Å². The highest BCUT2D eigenvalue weighted by Crippen LogP contribution is 2.20. The first kappa shape index (κ1) is 12.3. The average molecular weight is 314 g/mol. The minimum atomic E-state index is 0.0876. The molecular formula is C11H10BrClN4. The van der Waals surface area contributed by atoms with Gasteiger partial charge >= 0.3 is 0 Å². The quantitative estimate of drug-likeness (QED) is 0.587. The molecule has 1 unspecified atom stereocenters. The molecule has 0 amide bonds. The zero-order valence-corrected chi connectivity index (χ0v) is 11.2. The van der Waals surface area contributed by atoms with E-state index in [9.17, 15) is 0 Å². The maximum Gasteiger partial charge on any atom is 0.149 e. The Morgan fingerprint density at radius 3 is 3.12 bits per heavy atom. The predicted molar refractivity (Wildman–Crippen MR) is 76.0 cm³/mol. The van der Waals surface area contributed by atoms with Crippen LogP contribution in [0.25, 0.3) is 0 Å². The normalized spacial score (nSPS) is 32.2. The molecule has 88 valence electrons. The lowest BCUT2D eigenvalue weighted by molar-refractivity contribution is 0.933. The zero-order valence-electron chi connectivity index (χ0n) is 8.90. The van der Waals surface area contributed by atoms with Gasteiger partial charge in [0.05, 0.1) is 17.6 Å². The molecule has 0 aromatic carbocycles. The Kier molecular flexibility index (Phi) is 3.91. The summed E-state index contributed by atoms with van der Waals surface area (Å²) in [6, 6.07) is 0. The standard InChI is InChI=1S/C11H10BrClN4/c1-7-8(5-14-15-6-11(13)16-7)9-3-2-4-10(12)17-9/h2-3,5-6,10,14H,1,4H2/b8-5+,15-6-,16-11+. The van der Waals surface area contributed by atoms with Crippen LogP contribution in [0.15, 0.2) is 51.3 Å². The number of hydrogen-bond acceptors (Lipinski definition) is 4. The second kappa shape index (κ2) is 5.42. The Bertz CT molecular complexity index is 488. The number of aliphatic imine (C=N–C) groups is 2. The van der Waals surface area contributed by atoms with Crippen molar-refractivity contribution in [3.8, 4) is 0 Å². The Morgan fingerprint density at radius 1 is 1.53 bits per heavy atom.